The van der Waals surface area contributed by atoms with Gasteiger partial charge in [0.15, 0.2) is 0 Å². The van der Waals surface area contributed by atoms with E-state index in [0.29, 0.717) is 6.54 Å². The molecular formula is C12H24N2O. The zero-order valence-corrected chi connectivity index (χ0v) is 10.2. The van der Waals surface area contributed by atoms with E-state index in [-0.39, 0.29) is 11.4 Å². The molecule has 1 saturated carbocycles. The minimum atomic E-state index is -0.0624. The zero-order valence-electron chi connectivity index (χ0n) is 10.2. The van der Waals surface area contributed by atoms with Crippen LogP contribution in [0.1, 0.15) is 46.5 Å². The van der Waals surface area contributed by atoms with Crippen LogP contribution in [0.25, 0.3) is 0 Å². The molecule has 0 aliphatic heterocycles. The van der Waals surface area contributed by atoms with Crippen LogP contribution in [0.4, 0.5) is 0 Å². The maximum atomic E-state index is 11.6. The Bertz CT molecular complexity index is 210. The van der Waals surface area contributed by atoms with Crippen LogP contribution in [-0.2, 0) is 4.79 Å². The van der Waals surface area contributed by atoms with Crippen molar-refractivity contribution >= 4 is 5.91 Å². The van der Waals surface area contributed by atoms with Gasteiger partial charge in [-0.15, -0.1) is 0 Å². The molecule has 0 aromatic carbocycles. The van der Waals surface area contributed by atoms with Crippen LogP contribution >= 0.6 is 0 Å². The largest absolute Gasteiger partial charge is 0.350 e. The number of rotatable bonds is 7. The molecule has 3 nitrogen and oxygen atoms in total. The fourth-order valence-corrected chi connectivity index (χ4v) is 1.82. The van der Waals surface area contributed by atoms with Crippen LogP contribution in [0.2, 0.25) is 0 Å². The monoisotopic (exact) mass is 212 g/mol. The van der Waals surface area contributed by atoms with E-state index in [1.165, 1.54) is 12.8 Å². The lowest BCUT2D eigenvalue weighted by molar-refractivity contribution is -0.121. The van der Waals surface area contributed by atoms with E-state index in [9.17, 15) is 4.79 Å². The number of nitrogens with one attached hydrogen (secondary N) is 2. The summed E-state index contributed by atoms with van der Waals surface area (Å²) in [7, 11) is 0. The molecule has 0 heterocycles. The van der Waals surface area contributed by atoms with Crippen molar-refractivity contribution in [3.05, 3.63) is 0 Å². The Kier molecular flexibility index (Phi) is 4.58. The molecule has 0 radical (unpaired) electrons. The van der Waals surface area contributed by atoms with Crippen LogP contribution < -0.4 is 10.6 Å². The molecular weight excluding hydrogens is 188 g/mol. The highest BCUT2D eigenvalue weighted by atomic mass is 16.2. The second kappa shape index (κ2) is 5.50. The fraction of sp³-hybridized carbons (Fsp3) is 0.917. The Morgan fingerprint density at radius 2 is 2.07 bits per heavy atom. The summed E-state index contributed by atoms with van der Waals surface area (Å²) in [5.74, 6) is 0.954. The van der Waals surface area contributed by atoms with Gasteiger partial charge >= 0.3 is 0 Å². The van der Waals surface area contributed by atoms with Crippen LogP contribution in [0.15, 0.2) is 0 Å². The third-order valence-electron chi connectivity index (χ3n) is 2.77. The normalized spacial score (nSPS) is 16.5. The molecule has 0 unspecified atom stereocenters. The summed E-state index contributed by atoms with van der Waals surface area (Å²) in [6, 6.07) is 0. The van der Waals surface area contributed by atoms with Gasteiger partial charge < -0.3 is 10.6 Å². The van der Waals surface area contributed by atoms with Crippen molar-refractivity contribution in [1.82, 2.24) is 10.6 Å². The van der Waals surface area contributed by atoms with Crippen LogP contribution in [0.5, 0.6) is 0 Å². The number of hydrogen-bond donors (Lipinski definition) is 2. The first-order valence-corrected chi connectivity index (χ1v) is 6.05. The van der Waals surface area contributed by atoms with Gasteiger partial charge in [-0.2, -0.15) is 0 Å². The average Bonchev–Trinajstić information content (AvgIpc) is 2.86. The number of carbonyl (C=O) groups is 1. The topological polar surface area (TPSA) is 41.1 Å². The Morgan fingerprint density at radius 3 is 2.60 bits per heavy atom. The van der Waals surface area contributed by atoms with Gasteiger partial charge in [0.25, 0.3) is 0 Å². The Balaban J connectivity index is 2.10. The predicted molar refractivity (Wildman–Crippen MR) is 62.7 cm³/mol. The minimum absolute atomic E-state index is 0.0624. The smallest absolute Gasteiger partial charge is 0.234 e. The van der Waals surface area contributed by atoms with E-state index in [0.717, 1.165) is 25.3 Å². The van der Waals surface area contributed by atoms with Crippen molar-refractivity contribution in [2.75, 3.05) is 13.1 Å². The van der Waals surface area contributed by atoms with Crippen molar-refractivity contribution < 1.29 is 4.79 Å². The SMILES string of the molecule is CCCC(C)(C)NC(=O)CNCC1CC1. The molecule has 0 spiro atoms. The van der Waals surface area contributed by atoms with Crippen molar-refractivity contribution in [2.45, 2.75) is 52.0 Å². The summed E-state index contributed by atoms with van der Waals surface area (Å²) in [6.45, 7) is 7.76. The Labute approximate surface area is 93.0 Å². The molecule has 0 aromatic rings. The summed E-state index contributed by atoms with van der Waals surface area (Å²) >= 11 is 0. The van der Waals surface area contributed by atoms with Crippen LogP contribution in [0, 0.1) is 5.92 Å². The molecule has 0 saturated heterocycles. The van der Waals surface area contributed by atoms with Gasteiger partial charge in [0.1, 0.15) is 0 Å². The van der Waals surface area contributed by atoms with Gasteiger partial charge in [-0.05, 0) is 45.6 Å². The van der Waals surface area contributed by atoms with Crippen LogP contribution in [-0.4, -0.2) is 24.5 Å². The summed E-state index contributed by atoms with van der Waals surface area (Å²) in [5, 5.41) is 6.25. The number of carbonyl (C=O) groups excluding carboxylic acids is 1. The van der Waals surface area contributed by atoms with Gasteiger partial charge in [-0.3, -0.25) is 4.79 Å². The third kappa shape index (κ3) is 5.78. The van der Waals surface area contributed by atoms with Gasteiger partial charge in [0, 0.05) is 5.54 Å². The minimum Gasteiger partial charge on any atom is -0.350 e. The molecule has 0 aromatic heterocycles. The predicted octanol–water partition coefficient (Wildman–Crippen LogP) is 1.68. The molecule has 0 bridgehead atoms. The molecule has 1 amide bonds. The van der Waals surface area contributed by atoms with Gasteiger partial charge in [-0.25, -0.2) is 0 Å². The highest BCUT2D eigenvalue weighted by molar-refractivity contribution is 5.78. The molecule has 1 fully saturated rings. The average molecular weight is 212 g/mol. The molecule has 3 heteroatoms. The van der Waals surface area contributed by atoms with Crippen LogP contribution in [0.3, 0.4) is 0 Å². The van der Waals surface area contributed by atoms with E-state index in [1.807, 2.05) is 0 Å². The van der Waals surface area contributed by atoms with Crippen molar-refractivity contribution in [2.24, 2.45) is 5.92 Å². The Morgan fingerprint density at radius 1 is 1.40 bits per heavy atom. The standard InChI is InChI=1S/C12H24N2O/c1-4-7-12(2,3)14-11(15)9-13-8-10-5-6-10/h10,13H,4-9H2,1-3H3,(H,14,15). The highest BCUT2D eigenvalue weighted by Crippen LogP contribution is 2.27. The number of amides is 1. The molecule has 88 valence electrons. The summed E-state index contributed by atoms with van der Waals surface area (Å²) in [6.07, 6.45) is 4.79. The molecule has 2 N–H and O–H groups in total. The lowest BCUT2D eigenvalue weighted by atomic mass is 9.99. The molecule has 15 heavy (non-hydrogen) atoms. The molecule has 1 aliphatic carbocycles. The lowest BCUT2D eigenvalue weighted by Gasteiger charge is -2.25. The second-order valence-corrected chi connectivity index (χ2v) is 5.26. The quantitative estimate of drug-likeness (QED) is 0.674. The maximum absolute atomic E-state index is 11.6. The molecule has 1 rings (SSSR count). The third-order valence-corrected chi connectivity index (χ3v) is 2.77. The van der Waals surface area contributed by atoms with Crippen molar-refractivity contribution in [3.63, 3.8) is 0 Å². The maximum Gasteiger partial charge on any atom is 0.234 e. The summed E-state index contributed by atoms with van der Waals surface area (Å²) in [4.78, 5) is 11.6. The van der Waals surface area contributed by atoms with E-state index in [2.05, 4.69) is 31.4 Å². The first-order chi connectivity index (χ1) is 7.03. The first-order valence-electron chi connectivity index (χ1n) is 6.05. The molecule has 0 atom stereocenters. The van der Waals surface area contributed by atoms with Crippen molar-refractivity contribution in [1.29, 1.82) is 0 Å². The second-order valence-electron chi connectivity index (χ2n) is 5.26. The van der Waals surface area contributed by atoms with E-state index in [1.54, 1.807) is 0 Å². The summed E-state index contributed by atoms with van der Waals surface area (Å²) < 4.78 is 0. The van der Waals surface area contributed by atoms with E-state index >= 15 is 0 Å². The van der Waals surface area contributed by atoms with Crippen molar-refractivity contribution in [3.8, 4) is 0 Å². The van der Waals surface area contributed by atoms with Gasteiger partial charge in [0.05, 0.1) is 6.54 Å². The van der Waals surface area contributed by atoms with E-state index < -0.39 is 0 Å². The van der Waals surface area contributed by atoms with E-state index in [4.69, 9.17) is 0 Å². The fourth-order valence-electron chi connectivity index (χ4n) is 1.82. The van der Waals surface area contributed by atoms with Gasteiger partial charge in [0.2, 0.25) is 5.91 Å². The summed E-state index contributed by atoms with van der Waals surface area (Å²) in [5.41, 5.74) is -0.0624. The first kappa shape index (κ1) is 12.5. The Hall–Kier alpha value is -0.570. The zero-order chi connectivity index (χ0) is 11.3. The highest BCUT2D eigenvalue weighted by Gasteiger charge is 2.22. The lowest BCUT2D eigenvalue weighted by Crippen LogP contribution is -2.47. The molecule has 1 aliphatic rings. The number of hydrogen-bond acceptors (Lipinski definition) is 2. The van der Waals surface area contributed by atoms with Gasteiger partial charge in [-0.1, -0.05) is 13.3 Å².